The molecule has 0 radical (unpaired) electrons. The molecular weight excluding hydrogens is 544 g/mol. The van der Waals surface area contributed by atoms with Crippen LogP contribution in [0.4, 0.5) is 41.1 Å². The number of ether oxygens (including phenoxy) is 1. The normalized spacial score (nSPS) is 16.2. The smallest absolute Gasteiger partial charge is 0.421 e. The molecule has 3 aromatic rings. The van der Waals surface area contributed by atoms with Crippen molar-refractivity contribution in [3.05, 3.63) is 63.8 Å². The predicted octanol–water partition coefficient (Wildman–Crippen LogP) is 6.57. The number of methoxy groups -OCH3 is 1. The number of alkyl halides is 3. The van der Waals surface area contributed by atoms with Gasteiger partial charge in [0.1, 0.15) is 17.1 Å². The number of hydrogen-bond donors (Lipinski definition) is 2. The summed E-state index contributed by atoms with van der Waals surface area (Å²) in [6, 6.07) is 9.87. The minimum Gasteiger partial charge on any atom is -0.495 e. The number of fused-ring (bicyclic) bond motifs is 1. The number of amides is 2. The number of rotatable bonds is 5. The van der Waals surface area contributed by atoms with Gasteiger partial charge >= 0.3 is 12.2 Å². The van der Waals surface area contributed by atoms with Crippen LogP contribution in [0.2, 0.25) is 10.0 Å². The molecule has 0 spiro atoms. The first-order chi connectivity index (χ1) is 18.1. The molecule has 2 amide bonds. The molecular formula is C25H23Cl2F3N6O2. The lowest BCUT2D eigenvalue weighted by molar-refractivity contribution is -0.137. The maximum Gasteiger partial charge on any atom is 0.421 e. The van der Waals surface area contributed by atoms with Crippen LogP contribution >= 0.6 is 23.2 Å². The number of piperidine rings is 1. The molecule has 0 atom stereocenters. The number of hydrogen-bond acceptors (Lipinski definition) is 6. The minimum atomic E-state index is -4.64. The number of benzene rings is 2. The zero-order chi connectivity index (χ0) is 27.0. The molecule has 2 aliphatic heterocycles. The molecule has 8 nitrogen and oxygen atoms in total. The molecule has 200 valence electrons. The molecule has 0 aliphatic carbocycles. The highest BCUT2D eigenvalue weighted by molar-refractivity contribution is 6.42. The number of para-hydroxylation sites is 1. The first kappa shape index (κ1) is 26.2. The van der Waals surface area contributed by atoms with Gasteiger partial charge in [0.05, 0.1) is 22.8 Å². The van der Waals surface area contributed by atoms with Crippen LogP contribution in [0.1, 0.15) is 24.0 Å². The fourth-order valence-corrected chi connectivity index (χ4v) is 5.01. The highest BCUT2D eigenvalue weighted by Crippen LogP contribution is 2.38. The summed E-state index contributed by atoms with van der Waals surface area (Å²) in [4.78, 5) is 24.3. The van der Waals surface area contributed by atoms with Crippen molar-refractivity contribution in [3.63, 3.8) is 0 Å². The van der Waals surface area contributed by atoms with Gasteiger partial charge in [0.15, 0.2) is 0 Å². The van der Waals surface area contributed by atoms with Gasteiger partial charge in [-0.05, 0) is 42.7 Å². The van der Waals surface area contributed by atoms with E-state index in [2.05, 4.69) is 20.6 Å². The molecule has 0 unspecified atom stereocenters. The number of carbonyl (C=O) groups excluding carboxylic acids is 1. The van der Waals surface area contributed by atoms with E-state index in [9.17, 15) is 18.0 Å². The van der Waals surface area contributed by atoms with E-state index in [1.54, 1.807) is 28.0 Å². The van der Waals surface area contributed by atoms with Gasteiger partial charge in [-0.15, -0.1) is 0 Å². The van der Waals surface area contributed by atoms with Crippen molar-refractivity contribution in [2.45, 2.75) is 31.6 Å². The molecule has 1 saturated heterocycles. The van der Waals surface area contributed by atoms with E-state index < -0.39 is 11.7 Å². The summed E-state index contributed by atoms with van der Waals surface area (Å²) >= 11 is 12.0. The fraction of sp³-hybridized carbons (Fsp3) is 0.320. The Morgan fingerprint density at radius 3 is 2.58 bits per heavy atom. The Hall–Kier alpha value is -3.44. The molecule has 2 aliphatic rings. The second-order valence-corrected chi connectivity index (χ2v) is 9.77. The maximum atomic E-state index is 13.9. The van der Waals surface area contributed by atoms with Gasteiger partial charge in [0, 0.05) is 37.6 Å². The second kappa shape index (κ2) is 10.4. The van der Waals surface area contributed by atoms with Crippen molar-refractivity contribution in [2.24, 2.45) is 0 Å². The van der Waals surface area contributed by atoms with Crippen molar-refractivity contribution in [1.82, 2.24) is 14.9 Å². The fourth-order valence-electron chi connectivity index (χ4n) is 4.72. The topological polar surface area (TPSA) is 82.6 Å². The average molecular weight is 567 g/mol. The standard InChI is InChI=1S/C25H23Cl2F3N6O2/c1-38-20-4-2-3-14-13-36(24(37)33-21(14)20)16-7-9-35(10-8-16)22-17(25(28,29)30)12-31-23(34-22)32-15-5-6-18(26)19(27)11-15/h2-6,11-12,16H,7-10,13H2,1H3,(H,33,37)(H,31,32,34). The van der Waals surface area contributed by atoms with Crippen LogP contribution in [-0.4, -0.2) is 47.1 Å². The Labute approximate surface area is 226 Å². The van der Waals surface area contributed by atoms with Gasteiger partial charge in [-0.25, -0.2) is 9.78 Å². The Kier molecular flexibility index (Phi) is 7.15. The van der Waals surface area contributed by atoms with Crippen molar-refractivity contribution < 1.29 is 22.7 Å². The van der Waals surface area contributed by atoms with E-state index in [4.69, 9.17) is 27.9 Å². The molecule has 1 aromatic heterocycles. The summed E-state index contributed by atoms with van der Waals surface area (Å²) in [6.07, 6.45) is -2.91. The van der Waals surface area contributed by atoms with Crippen LogP contribution in [0.3, 0.4) is 0 Å². The van der Waals surface area contributed by atoms with Crippen molar-refractivity contribution in [2.75, 3.05) is 35.7 Å². The van der Waals surface area contributed by atoms with E-state index in [1.807, 2.05) is 12.1 Å². The third-order valence-electron chi connectivity index (χ3n) is 6.62. The highest BCUT2D eigenvalue weighted by atomic mass is 35.5. The lowest BCUT2D eigenvalue weighted by atomic mass is 10.0. The summed E-state index contributed by atoms with van der Waals surface area (Å²) in [6.45, 7) is 0.958. The molecule has 13 heteroatoms. The van der Waals surface area contributed by atoms with E-state index in [-0.39, 0.29) is 42.0 Å². The number of nitrogens with zero attached hydrogens (tertiary/aromatic N) is 4. The van der Waals surface area contributed by atoms with E-state index >= 15 is 0 Å². The zero-order valence-electron chi connectivity index (χ0n) is 20.1. The summed E-state index contributed by atoms with van der Waals surface area (Å²) in [5.74, 6) is 0.361. The number of nitrogens with one attached hydrogen (secondary N) is 2. The summed E-state index contributed by atoms with van der Waals surface area (Å²) in [5.41, 5.74) is 1.12. The van der Waals surface area contributed by atoms with Crippen LogP contribution in [0.25, 0.3) is 0 Å². The minimum absolute atomic E-state index is 0.00512. The van der Waals surface area contributed by atoms with Gasteiger partial charge in [-0.1, -0.05) is 35.3 Å². The number of anilines is 4. The summed E-state index contributed by atoms with van der Waals surface area (Å²) in [5, 5.41) is 6.41. The van der Waals surface area contributed by atoms with E-state index in [0.717, 1.165) is 11.8 Å². The Balaban J connectivity index is 1.33. The summed E-state index contributed by atoms with van der Waals surface area (Å²) in [7, 11) is 1.54. The van der Waals surface area contributed by atoms with Gasteiger partial charge in [0.25, 0.3) is 0 Å². The molecule has 38 heavy (non-hydrogen) atoms. The Bertz CT molecular complexity index is 1370. The van der Waals surface area contributed by atoms with Gasteiger partial charge < -0.3 is 25.2 Å². The van der Waals surface area contributed by atoms with Gasteiger partial charge in [-0.2, -0.15) is 18.2 Å². The third kappa shape index (κ3) is 5.25. The number of halogens is 5. The van der Waals surface area contributed by atoms with E-state index in [1.165, 1.54) is 13.2 Å². The zero-order valence-corrected chi connectivity index (χ0v) is 21.7. The van der Waals surface area contributed by atoms with Crippen LogP contribution in [0.15, 0.2) is 42.6 Å². The Morgan fingerprint density at radius 1 is 1.13 bits per heavy atom. The largest absolute Gasteiger partial charge is 0.495 e. The summed E-state index contributed by atoms with van der Waals surface area (Å²) < 4.78 is 46.9. The lowest BCUT2D eigenvalue weighted by Crippen LogP contribution is -2.50. The molecule has 0 saturated carbocycles. The number of aromatic nitrogens is 2. The number of carbonyl (C=O) groups is 1. The molecule has 1 fully saturated rings. The number of urea groups is 1. The third-order valence-corrected chi connectivity index (χ3v) is 7.36. The van der Waals surface area contributed by atoms with Crippen LogP contribution in [0, 0.1) is 0 Å². The SMILES string of the molecule is COc1cccc2c1NC(=O)N(C1CCN(c3nc(Nc4ccc(Cl)c(Cl)c4)ncc3C(F)(F)F)CC1)C2. The first-order valence-corrected chi connectivity index (χ1v) is 12.5. The molecule has 3 heterocycles. The van der Waals surface area contributed by atoms with Crippen LogP contribution < -0.4 is 20.3 Å². The van der Waals surface area contributed by atoms with Crippen molar-refractivity contribution in [1.29, 1.82) is 0 Å². The molecule has 5 rings (SSSR count). The molecule has 2 aromatic carbocycles. The highest BCUT2D eigenvalue weighted by Gasteiger charge is 2.39. The maximum absolute atomic E-state index is 13.9. The second-order valence-electron chi connectivity index (χ2n) is 8.95. The average Bonchev–Trinajstić information content (AvgIpc) is 2.89. The lowest BCUT2D eigenvalue weighted by Gasteiger charge is -2.41. The first-order valence-electron chi connectivity index (χ1n) is 11.8. The van der Waals surface area contributed by atoms with E-state index in [0.29, 0.717) is 41.5 Å². The van der Waals surface area contributed by atoms with Crippen LogP contribution in [-0.2, 0) is 12.7 Å². The van der Waals surface area contributed by atoms with Gasteiger partial charge in [-0.3, -0.25) is 0 Å². The van der Waals surface area contributed by atoms with Crippen molar-refractivity contribution in [3.8, 4) is 5.75 Å². The Morgan fingerprint density at radius 2 is 1.89 bits per heavy atom. The van der Waals surface area contributed by atoms with Crippen molar-refractivity contribution >= 4 is 52.4 Å². The molecule has 2 N–H and O–H groups in total. The predicted molar refractivity (Wildman–Crippen MR) is 140 cm³/mol. The van der Waals surface area contributed by atoms with Crippen LogP contribution in [0.5, 0.6) is 5.75 Å². The monoisotopic (exact) mass is 566 g/mol. The van der Waals surface area contributed by atoms with Gasteiger partial charge in [0.2, 0.25) is 5.95 Å². The quantitative estimate of drug-likeness (QED) is 0.363. The molecule has 0 bridgehead atoms.